The van der Waals surface area contributed by atoms with Crippen LogP contribution in [0, 0.1) is 0 Å². The molecule has 2 saturated carbocycles. The molecule has 0 saturated heterocycles. The first-order valence-electron chi connectivity index (χ1n) is 8.09. The van der Waals surface area contributed by atoms with Crippen molar-refractivity contribution < 1.29 is 4.79 Å². The normalized spacial score (nSPS) is 18.9. The van der Waals surface area contributed by atoms with Gasteiger partial charge in [0.25, 0.3) is 0 Å². The summed E-state index contributed by atoms with van der Waals surface area (Å²) in [4.78, 5) is 27.1. The highest BCUT2D eigenvalue weighted by Crippen LogP contribution is 2.34. The van der Waals surface area contributed by atoms with Gasteiger partial charge in [-0.1, -0.05) is 18.9 Å². The first-order valence-corrected chi connectivity index (χ1v) is 8.09. The van der Waals surface area contributed by atoms with E-state index in [-0.39, 0.29) is 18.1 Å². The number of aromatic nitrogens is 3. The van der Waals surface area contributed by atoms with E-state index in [1.807, 2.05) is 11.0 Å². The van der Waals surface area contributed by atoms with Gasteiger partial charge in [-0.05, 0) is 37.8 Å². The molecule has 0 aliphatic heterocycles. The highest BCUT2D eigenvalue weighted by atomic mass is 16.2. The summed E-state index contributed by atoms with van der Waals surface area (Å²) in [6.07, 6.45) is 8.49. The van der Waals surface area contributed by atoms with Gasteiger partial charge in [0, 0.05) is 18.3 Å². The van der Waals surface area contributed by atoms with Gasteiger partial charge < -0.3 is 4.90 Å². The molecule has 2 aromatic rings. The molecule has 0 unspecified atom stereocenters. The van der Waals surface area contributed by atoms with Gasteiger partial charge in [-0.25, -0.2) is 9.48 Å². The van der Waals surface area contributed by atoms with Gasteiger partial charge in [0.2, 0.25) is 5.91 Å². The van der Waals surface area contributed by atoms with E-state index in [2.05, 4.69) is 5.10 Å². The lowest BCUT2D eigenvalue weighted by Gasteiger charge is -2.29. The number of rotatable bonds is 4. The second kappa shape index (κ2) is 5.26. The van der Waals surface area contributed by atoms with Gasteiger partial charge >= 0.3 is 5.69 Å². The maximum absolute atomic E-state index is 12.7. The Balaban J connectivity index is 1.59. The highest BCUT2D eigenvalue weighted by Gasteiger charge is 2.38. The predicted molar refractivity (Wildman–Crippen MR) is 81.6 cm³/mol. The zero-order valence-electron chi connectivity index (χ0n) is 12.5. The molecular formula is C16H20N4O2. The van der Waals surface area contributed by atoms with E-state index in [4.69, 9.17) is 0 Å². The van der Waals surface area contributed by atoms with Crippen LogP contribution in [0.15, 0.2) is 29.2 Å². The van der Waals surface area contributed by atoms with Gasteiger partial charge in [0.1, 0.15) is 6.54 Å². The molecule has 4 rings (SSSR count). The van der Waals surface area contributed by atoms with E-state index in [0.717, 1.165) is 25.7 Å². The molecule has 6 heteroatoms. The minimum Gasteiger partial charge on any atom is -0.335 e. The molecular weight excluding hydrogens is 280 g/mol. The quantitative estimate of drug-likeness (QED) is 0.858. The summed E-state index contributed by atoms with van der Waals surface area (Å²) in [5, 5.41) is 4.26. The third-order valence-corrected chi connectivity index (χ3v) is 4.72. The molecule has 0 atom stereocenters. The van der Waals surface area contributed by atoms with Crippen LogP contribution in [0.3, 0.4) is 0 Å². The molecule has 0 bridgehead atoms. The summed E-state index contributed by atoms with van der Waals surface area (Å²) >= 11 is 0. The molecule has 2 heterocycles. The second-order valence-electron chi connectivity index (χ2n) is 6.34. The summed E-state index contributed by atoms with van der Waals surface area (Å²) in [6, 6.07) is 6.16. The van der Waals surface area contributed by atoms with Gasteiger partial charge in [-0.2, -0.15) is 0 Å². The summed E-state index contributed by atoms with van der Waals surface area (Å²) in [7, 11) is 0. The molecule has 116 valence electrons. The van der Waals surface area contributed by atoms with E-state index in [1.165, 1.54) is 21.9 Å². The Morgan fingerprint density at radius 3 is 2.59 bits per heavy atom. The van der Waals surface area contributed by atoms with Crippen LogP contribution < -0.4 is 5.69 Å². The van der Waals surface area contributed by atoms with E-state index >= 15 is 0 Å². The van der Waals surface area contributed by atoms with Crippen LogP contribution in [-0.2, 0) is 11.3 Å². The van der Waals surface area contributed by atoms with Crippen LogP contribution in [0.1, 0.15) is 38.5 Å². The highest BCUT2D eigenvalue weighted by molar-refractivity contribution is 5.77. The van der Waals surface area contributed by atoms with Crippen molar-refractivity contribution >= 4 is 11.6 Å². The topological polar surface area (TPSA) is 59.6 Å². The molecule has 22 heavy (non-hydrogen) atoms. The van der Waals surface area contributed by atoms with E-state index < -0.39 is 0 Å². The number of amides is 1. The SMILES string of the molecule is O=C(Cn1nc2ccccn2c1=O)N(C1CCCC1)C1CC1. The number of fused-ring (bicyclic) bond motifs is 1. The largest absolute Gasteiger partial charge is 0.350 e. The molecule has 1 amide bonds. The third kappa shape index (κ3) is 2.32. The van der Waals surface area contributed by atoms with Crippen LogP contribution in [-0.4, -0.2) is 37.1 Å². The molecule has 0 N–H and O–H groups in total. The molecule has 0 radical (unpaired) electrons. The first-order chi connectivity index (χ1) is 10.7. The maximum atomic E-state index is 12.7. The predicted octanol–water partition coefficient (Wildman–Crippen LogP) is 1.43. The lowest BCUT2D eigenvalue weighted by molar-refractivity contribution is -0.135. The van der Waals surface area contributed by atoms with Crippen molar-refractivity contribution in [2.75, 3.05) is 0 Å². The van der Waals surface area contributed by atoms with Gasteiger partial charge in [-0.15, -0.1) is 5.10 Å². The first kappa shape index (κ1) is 13.5. The van der Waals surface area contributed by atoms with Gasteiger partial charge in [-0.3, -0.25) is 9.20 Å². The van der Waals surface area contributed by atoms with Crippen molar-refractivity contribution in [2.24, 2.45) is 0 Å². The fourth-order valence-corrected chi connectivity index (χ4v) is 3.52. The monoisotopic (exact) mass is 300 g/mol. The molecule has 2 aromatic heterocycles. The minimum absolute atomic E-state index is 0.0416. The number of hydrogen-bond donors (Lipinski definition) is 0. The Labute approximate surface area is 128 Å². The molecule has 2 aliphatic carbocycles. The average molecular weight is 300 g/mol. The average Bonchev–Trinajstić information content (AvgIpc) is 3.10. The molecule has 0 spiro atoms. The molecule has 2 fully saturated rings. The fraction of sp³-hybridized carbons (Fsp3) is 0.562. The summed E-state index contributed by atoms with van der Waals surface area (Å²) in [5.74, 6) is 0.0416. The summed E-state index contributed by atoms with van der Waals surface area (Å²) in [5.41, 5.74) is 0.338. The number of carbonyl (C=O) groups is 1. The van der Waals surface area contributed by atoms with Crippen molar-refractivity contribution in [3.8, 4) is 0 Å². The lowest BCUT2D eigenvalue weighted by atomic mass is 10.2. The smallest absolute Gasteiger partial charge is 0.335 e. The van der Waals surface area contributed by atoms with Crippen molar-refractivity contribution in [3.63, 3.8) is 0 Å². The van der Waals surface area contributed by atoms with Crippen molar-refractivity contribution in [3.05, 3.63) is 34.9 Å². The molecule has 0 aromatic carbocycles. The number of nitrogens with zero attached hydrogens (tertiary/aromatic N) is 4. The standard InChI is InChI=1S/C16H20N4O2/c21-15(20(13-8-9-13)12-5-1-2-6-12)11-19-16(22)18-10-4-3-7-14(18)17-19/h3-4,7,10,12-13H,1-2,5-6,8-9,11H2. The number of carbonyl (C=O) groups excluding carboxylic acids is 1. The van der Waals surface area contributed by atoms with E-state index in [0.29, 0.717) is 17.7 Å². The Morgan fingerprint density at radius 2 is 1.91 bits per heavy atom. The summed E-state index contributed by atoms with van der Waals surface area (Å²) in [6.45, 7) is 0.0491. The Hall–Kier alpha value is -2.11. The lowest BCUT2D eigenvalue weighted by Crippen LogP contribution is -2.43. The number of hydrogen-bond acceptors (Lipinski definition) is 3. The zero-order valence-corrected chi connectivity index (χ0v) is 12.5. The Morgan fingerprint density at radius 1 is 1.18 bits per heavy atom. The molecule has 2 aliphatic rings. The minimum atomic E-state index is -0.244. The van der Waals surface area contributed by atoms with Crippen LogP contribution >= 0.6 is 0 Å². The third-order valence-electron chi connectivity index (χ3n) is 4.72. The zero-order chi connectivity index (χ0) is 15.1. The van der Waals surface area contributed by atoms with E-state index in [1.54, 1.807) is 18.3 Å². The van der Waals surface area contributed by atoms with Crippen molar-refractivity contribution in [1.29, 1.82) is 0 Å². The van der Waals surface area contributed by atoms with Gasteiger partial charge in [0.15, 0.2) is 5.65 Å². The van der Waals surface area contributed by atoms with Crippen LogP contribution in [0.5, 0.6) is 0 Å². The van der Waals surface area contributed by atoms with Crippen LogP contribution in [0.25, 0.3) is 5.65 Å². The van der Waals surface area contributed by atoms with Crippen molar-refractivity contribution in [2.45, 2.75) is 57.2 Å². The van der Waals surface area contributed by atoms with Gasteiger partial charge in [0.05, 0.1) is 0 Å². The Bertz CT molecular complexity index is 753. The second-order valence-corrected chi connectivity index (χ2v) is 6.34. The number of pyridine rings is 1. The van der Waals surface area contributed by atoms with Crippen LogP contribution in [0.2, 0.25) is 0 Å². The summed E-state index contributed by atoms with van der Waals surface area (Å²) < 4.78 is 2.77. The fourth-order valence-electron chi connectivity index (χ4n) is 3.52. The van der Waals surface area contributed by atoms with Crippen LogP contribution in [0.4, 0.5) is 0 Å². The Kier molecular flexibility index (Phi) is 3.24. The molecule has 6 nitrogen and oxygen atoms in total. The van der Waals surface area contributed by atoms with E-state index in [9.17, 15) is 9.59 Å². The van der Waals surface area contributed by atoms with Crippen molar-refractivity contribution in [1.82, 2.24) is 19.1 Å². The maximum Gasteiger partial charge on any atom is 0.350 e.